The van der Waals surface area contributed by atoms with Gasteiger partial charge in [-0.05, 0) is 33.6 Å². The van der Waals surface area contributed by atoms with Gasteiger partial charge in [0.2, 0.25) is 0 Å². The predicted octanol–water partition coefficient (Wildman–Crippen LogP) is 2.65. The van der Waals surface area contributed by atoms with Crippen molar-refractivity contribution in [1.29, 1.82) is 0 Å². The molecule has 5 heteroatoms. The first-order valence-electron chi connectivity index (χ1n) is 6.96. The van der Waals surface area contributed by atoms with E-state index in [1.54, 1.807) is 11.3 Å². The van der Waals surface area contributed by atoms with E-state index in [0.29, 0.717) is 6.10 Å². The molecule has 0 aliphatic carbocycles. The number of rotatable bonds is 5. The highest BCUT2D eigenvalue weighted by Crippen LogP contribution is 2.22. The van der Waals surface area contributed by atoms with E-state index in [2.05, 4.69) is 48.4 Å². The Hall–Kier alpha value is -0.650. The molecule has 0 aromatic carbocycles. The Morgan fingerprint density at radius 2 is 2.32 bits per heavy atom. The van der Waals surface area contributed by atoms with Crippen LogP contribution in [0.15, 0.2) is 5.38 Å². The van der Waals surface area contributed by atoms with E-state index in [0.717, 1.165) is 30.5 Å². The molecule has 1 N–H and O–H groups in total. The largest absolute Gasteiger partial charge is 0.376 e. The molecule has 2 heterocycles. The lowest BCUT2D eigenvalue weighted by Gasteiger charge is -2.20. The van der Waals surface area contributed by atoms with Gasteiger partial charge in [0, 0.05) is 37.7 Å². The predicted molar refractivity (Wildman–Crippen MR) is 81.0 cm³/mol. The monoisotopic (exact) mass is 283 g/mol. The molecule has 4 nitrogen and oxygen atoms in total. The topological polar surface area (TPSA) is 37.4 Å². The lowest BCUT2D eigenvalue weighted by molar-refractivity contribution is 0.116. The van der Waals surface area contributed by atoms with E-state index in [4.69, 9.17) is 4.74 Å². The summed E-state index contributed by atoms with van der Waals surface area (Å²) in [6.07, 6.45) is 2.75. The molecule has 1 aromatic rings. The number of hydrogen-bond donors (Lipinski definition) is 1. The molecular weight excluding hydrogens is 258 g/mol. The Balaban J connectivity index is 1.85. The molecule has 1 aliphatic heterocycles. The molecule has 2 rings (SSSR count). The summed E-state index contributed by atoms with van der Waals surface area (Å²) < 4.78 is 5.67. The van der Waals surface area contributed by atoms with Crippen LogP contribution >= 0.6 is 11.3 Å². The Morgan fingerprint density at radius 3 is 2.95 bits per heavy atom. The molecule has 1 aliphatic rings. The van der Waals surface area contributed by atoms with E-state index in [1.807, 2.05) is 0 Å². The highest BCUT2D eigenvalue weighted by Gasteiger charge is 2.19. The van der Waals surface area contributed by atoms with Crippen LogP contribution in [-0.4, -0.2) is 36.8 Å². The highest BCUT2D eigenvalue weighted by molar-refractivity contribution is 7.13. The van der Waals surface area contributed by atoms with E-state index >= 15 is 0 Å². The summed E-state index contributed by atoms with van der Waals surface area (Å²) in [5.74, 6) is 0. The van der Waals surface area contributed by atoms with Crippen molar-refractivity contribution in [1.82, 2.24) is 10.3 Å². The fourth-order valence-corrected chi connectivity index (χ4v) is 2.88. The van der Waals surface area contributed by atoms with Crippen molar-refractivity contribution in [2.24, 2.45) is 0 Å². The molecule has 1 atom stereocenters. The number of aromatic nitrogens is 1. The van der Waals surface area contributed by atoms with Crippen LogP contribution in [0, 0.1) is 0 Å². The number of nitrogens with zero attached hydrogens (tertiary/aromatic N) is 2. The van der Waals surface area contributed by atoms with Crippen molar-refractivity contribution in [3.05, 3.63) is 11.1 Å². The highest BCUT2D eigenvalue weighted by atomic mass is 32.1. The number of likely N-dealkylation sites (N-methyl/N-ethyl adjacent to an activating group) is 1. The number of ether oxygens (including phenoxy) is 1. The number of anilines is 1. The normalized spacial score (nSPS) is 19.9. The third kappa shape index (κ3) is 4.75. The maximum atomic E-state index is 5.67. The standard InChI is InChI=1S/C14H25N3OS/c1-14(2,3)15-8-11-10-19-13(16-11)17(4)9-12-6-5-7-18-12/h10,12,15H,5-9H2,1-4H3. The minimum atomic E-state index is 0.132. The summed E-state index contributed by atoms with van der Waals surface area (Å²) in [6.45, 7) is 9.20. The van der Waals surface area contributed by atoms with Gasteiger partial charge in [0.1, 0.15) is 0 Å². The summed E-state index contributed by atoms with van der Waals surface area (Å²) in [5, 5.41) is 6.69. The zero-order chi connectivity index (χ0) is 13.9. The quantitative estimate of drug-likeness (QED) is 0.901. The van der Waals surface area contributed by atoms with Gasteiger partial charge in [0.05, 0.1) is 11.8 Å². The van der Waals surface area contributed by atoms with Crippen LogP contribution in [0.2, 0.25) is 0 Å². The van der Waals surface area contributed by atoms with Gasteiger partial charge in [-0.2, -0.15) is 0 Å². The van der Waals surface area contributed by atoms with E-state index in [1.165, 1.54) is 12.8 Å². The summed E-state index contributed by atoms with van der Waals surface area (Å²) in [6, 6.07) is 0. The second kappa shape index (κ2) is 6.20. The van der Waals surface area contributed by atoms with Crippen LogP contribution in [0.1, 0.15) is 39.3 Å². The van der Waals surface area contributed by atoms with Crippen molar-refractivity contribution in [3.8, 4) is 0 Å². The molecule has 19 heavy (non-hydrogen) atoms. The molecule has 1 aromatic heterocycles. The molecule has 0 radical (unpaired) electrons. The molecule has 1 saturated heterocycles. The Bertz CT molecular complexity index is 394. The van der Waals surface area contributed by atoms with Crippen LogP contribution in [-0.2, 0) is 11.3 Å². The Labute approximate surface area is 120 Å². The van der Waals surface area contributed by atoms with Crippen molar-refractivity contribution in [2.75, 3.05) is 25.1 Å². The number of nitrogens with one attached hydrogen (secondary N) is 1. The van der Waals surface area contributed by atoms with Crippen LogP contribution < -0.4 is 10.2 Å². The Morgan fingerprint density at radius 1 is 1.53 bits per heavy atom. The van der Waals surface area contributed by atoms with Gasteiger partial charge in [-0.25, -0.2) is 4.98 Å². The molecule has 0 spiro atoms. The zero-order valence-electron chi connectivity index (χ0n) is 12.4. The van der Waals surface area contributed by atoms with Gasteiger partial charge >= 0.3 is 0 Å². The minimum Gasteiger partial charge on any atom is -0.376 e. The minimum absolute atomic E-state index is 0.132. The van der Waals surface area contributed by atoms with Crippen molar-refractivity contribution in [3.63, 3.8) is 0 Å². The Kier molecular flexibility index (Phi) is 4.81. The average molecular weight is 283 g/mol. The first kappa shape index (κ1) is 14.8. The van der Waals surface area contributed by atoms with Crippen molar-refractivity contribution >= 4 is 16.5 Å². The smallest absolute Gasteiger partial charge is 0.185 e. The van der Waals surface area contributed by atoms with Gasteiger partial charge < -0.3 is 15.0 Å². The molecule has 0 saturated carbocycles. The molecule has 1 fully saturated rings. The molecule has 0 amide bonds. The zero-order valence-corrected chi connectivity index (χ0v) is 13.2. The first-order valence-corrected chi connectivity index (χ1v) is 7.84. The van der Waals surface area contributed by atoms with Gasteiger partial charge in [-0.15, -0.1) is 11.3 Å². The van der Waals surface area contributed by atoms with Gasteiger partial charge in [0.25, 0.3) is 0 Å². The molecule has 1 unspecified atom stereocenters. The second-order valence-corrected chi connectivity index (χ2v) is 7.08. The third-order valence-electron chi connectivity index (χ3n) is 3.17. The molecule has 0 bridgehead atoms. The summed E-state index contributed by atoms with van der Waals surface area (Å²) in [7, 11) is 2.10. The third-order valence-corrected chi connectivity index (χ3v) is 4.17. The van der Waals surface area contributed by atoms with Gasteiger partial charge in [-0.1, -0.05) is 0 Å². The summed E-state index contributed by atoms with van der Waals surface area (Å²) in [5.41, 5.74) is 1.25. The fraction of sp³-hybridized carbons (Fsp3) is 0.786. The summed E-state index contributed by atoms with van der Waals surface area (Å²) >= 11 is 1.71. The lowest BCUT2D eigenvalue weighted by atomic mass is 10.1. The number of hydrogen-bond acceptors (Lipinski definition) is 5. The lowest BCUT2D eigenvalue weighted by Crippen LogP contribution is -2.35. The molecule has 108 valence electrons. The van der Waals surface area contributed by atoms with Crippen molar-refractivity contribution in [2.45, 2.75) is 51.8 Å². The SMILES string of the molecule is CN(CC1CCCO1)c1nc(CNC(C)(C)C)cs1. The van der Waals surface area contributed by atoms with Gasteiger partial charge in [-0.3, -0.25) is 0 Å². The molecular formula is C14H25N3OS. The number of thiazole rings is 1. The van der Waals surface area contributed by atoms with Gasteiger partial charge in [0.15, 0.2) is 5.13 Å². The summed E-state index contributed by atoms with van der Waals surface area (Å²) in [4.78, 5) is 6.89. The van der Waals surface area contributed by atoms with Crippen LogP contribution in [0.4, 0.5) is 5.13 Å². The first-order chi connectivity index (χ1) is 8.94. The van der Waals surface area contributed by atoms with E-state index in [-0.39, 0.29) is 5.54 Å². The second-order valence-electron chi connectivity index (χ2n) is 6.24. The van der Waals surface area contributed by atoms with E-state index < -0.39 is 0 Å². The fourth-order valence-electron chi connectivity index (χ4n) is 2.08. The maximum absolute atomic E-state index is 5.67. The van der Waals surface area contributed by atoms with Crippen molar-refractivity contribution < 1.29 is 4.74 Å². The van der Waals surface area contributed by atoms with Crippen LogP contribution in [0.3, 0.4) is 0 Å². The van der Waals surface area contributed by atoms with Crippen LogP contribution in [0.25, 0.3) is 0 Å². The average Bonchev–Trinajstić information content (AvgIpc) is 2.95. The maximum Gasteiger partial charge on any atom is 0.185 e. The van der Waals surface area contributed by atoms with Crippen LogP contribution in [0.5, 0.6) is 0 Å². The van der Waals surface area contributed by atoms with E-state index in [9.17, 15) is 0 Å².